The van der Waals surface area contributed by atoms with E-state index >= 15 is 0 Å². The quantitative estimate of drug-likeness (QED) is 0.445. The fourth-order valence-corrected chi connectivity index (χ4v) is 3.25. The van der Waals surface area contributed by atoms with Crippen LogP contribution in [0.15, 0.2) is 91.1 Å². The van der Waals surface area contributed by atoms with Crippen LogP contribution in [0.1, 0.15) is 0 Å². The topological polar surface area (TPSA) is 30.7 Å². The van der Waals surface area contributed by atoms with Crippen molar-refractivity contribution in [3.05, 3.63) is 91.1 Å². The van der Waals surface area contributed by atoms with Gasteiger partial charge in [-0.2, -0.15) is 0 Å². The zero-order valence-electron chi connectivity index (χ0n) is 13.5. The SMILES string of the molecule is c1ccc(-c2nc(-n3ccc4ccccc43)nc3ccccc23)cc1. The van der Waals surface area contributed by atoms with Crippen LogP contribution < -0.4 is 0 Å². The van der Waals surface area contributed by atoms with Crippen LogP contribution in [0.25, 0.3) is 39.0 Å². The molecule has 0 bridgehead atoms. The van der Waals surface area contributed by atoms with Crippen LogP contribution in [-0.4, -0.2) is 14.5 Å². The summed E-state index contributed by atoms with van der Waals surface area (Å²) < 4.78 is 2.05. The molecule has 5 rings (SSSR count). The molecule has 0 atom stereocenters. The van der Waals surface area contributed by atoms with Crippen LogP contribution in [0, 0.1) is 0 Å². The molecule has 3 nitrogen and oxygen atoms in total. The molecule has 3 heteroatoms. The summed E-state index contributed by atoms with van der Waals surface area (Å²) in [5.74, 6) is 0.693. The fourth-order valence-electron chi connectivity index (χ4n) is 3.25. The van der Waals surface area contributed by atoms with Gasteiger partial charge in [0.15, 0.2) is 0 Å². The molecule has 0 radical (unpaired) electrons. The van der Waals surface area contributed by atoms with Gasteiger partial charge in [0.1, 0.15) is 0 Å². The summed E-state index contributed by atoms with van der Waals surface area (Å²) >= 11 is 0. The minimum atomic E-state index is 0.693. The first-order chi connectivity index (χ1) is 12.4. The Kier molecular flexibility index (Phi) is 3.10. The van der Waals surface area contributed by atoms with E-state index < -0.39 is 0 Å². The molecule has 0 saturated heterocycles. The highest BCUT2D eigenvalue weighted by molar-refractivity contribution is 5.93. The van der Waals surface area contributed by atoms with E-state index in [-0.39, 0.29) is 0 Å². The number of para-hydroxylation sites is 2. The Labute approximate surface area is 145 Å². The maximum absolute atomic E-state index is 4.92. The lowest BCUT2D eigenvalue weighted by Crippen LogP contribution is -2.02. The third-order valence-corrected chi connectivity index (χ3v) is 4.45. The molecule has 2 heterocycles. The molecule has 2 aromatic heterocycles. The van der Waals surface area contributed by atoms with Gasteiger partial charge in [0.25, 0.3) is 0 Å². The predicted molar refractivity (Wildman–Crippen MR) is 102 cm³/mol. The summed E-state index contributed by atoms with van der Waals surface area (Å²) in [5.41, 5.74) is 4.11. The number of nitrogens with zero attached hydrogens (tertiary/aromatic N) is 3. The van der Waals surface area contributed by atoms with Crippen molar-refractivity contribution in [3.8, 4) is 17.2 Å². The molecule has 0 aliphatic rings. The third kappa shape index (κ3) is 2.29. The molecule has 0 N–H and O–H groups in total. The summed E-state index contributed by atoms with van der Waals surface area (Å²) in [7, 11) is 0. The highest BCUT2D eigenvalue weighted by Gasteiger charge is 2.12. The van der Waals surface area contributed by atoms with Crippen molar-refractivity contribution in [1.29, 1.82) is 0 Å². The predicted octanol–water partition coefficient (Wildman–Crippen LogP) is 5.24. The van der Waals surface area contributed by atoms with Gasteiger partial charge >= 0.3 is 0 Å². The van der Waals surface area contributed by atoms with Gasteiger partial charge in [0.2, 0.25) is 5.95 Å². The van der Waals surface area contributed by atoms with Crippen molar-refractivity contribution in [2.24, 2.45) is 0 Å². The van der Waals surface area contributed by atoms with E-state index in [1.165, 1.54) is 5.39 Å². The smallest absolute Gasteiger partial charge is 0.235 e. The van der Waals surface area contributed by atoms with E-state index in [1.807, 2.05) is 59.3 Å². The van der Waals surface area contributed by atoms with Gasteiger partial charge in [-0.15, -0.1) is 0 Å². The third-order valence-electron chi connectivity index (χ3n) is 4.45. The van der Waals surface area contributed by atoms with Crippen molar-refractivity contribution < 1.29 is 0 Å². The molecule has 0 aliphatic heterocycles. The normalized spacial score (nSPS) is 11.2. The Bertz CT molecular complexity index is 1190. The van der Waals surface area contributed by atoms with Crippen LogP contribution >= 0.6 is 0 Å². The van der Waals surface area contributed by atoms with Crippen molar-refractivity contribution in [1.82, 2.24) is 14.5 Å². The van der Waals surface area contributed by atoms with Crippen LogP contribution in [0.2, 0.25) is 0 Å². The van der Waals surface area contributed by atoms with E-state index in [0.717, 1.165) is 27.7 Å². The molecule has 5 aromatic rings. The standard InChI is InChI=1S/C22H15N3/c1-2-9-17(10-3-1)21-18-11-5-6-12-19(18)23-22(24-21)25-15-14-16-8-4-7-13-20(16)25/h1-15H. The van der Waals surface area contributed by atoms with E-state index in [4.69, 9.17) is 9.97 Å². The first kappa shape index (κ1) is 13.9. The van der Waals surface area contributed by atoms with E-state index in [2.05, 4.69) is 36.4 Å². The minimum absolute atomic E-state index is 0.693. The number of fused-ring (bicyclic) bond motifs is 2. The average molecular weight is 321 g/mol. The average Bonchev–Trinajstić information content (AvgIpc) is 3.12. The number of hydrogen-bond donors (Lipinski definition) is 0. The van der Waals surface area contributed by atoms with E-state index in [0.29, 0.717) is 5.95 Å². The second kappa shape index (κ2) is 5.56. The van der Waals surface area contributed by atoms with E-state index in [1.54, 1.807) is 0 Å². The molecule has 0 spiro atoms. The minimum Gasteiger partial charge on any atom is -0.285 e. The second-order valence-electron chi connectivity index (χ2n) is 6.00. The van der Waals surface area contributed by atoms with Crippen LogP contribution in [0.3, 0.4) is 0 Å². The lowest BCUT2D eigenvalue weighted by molar-refractivity contribution is 0.984. The monoisotopic (exact) mass is 321 g/mol. The zero-order chi connectivity index (χ0) is 16.6. The Balaban J connectivity index is 1.83. The summed E-state index contributed by atoms with van der Waals surface area (Å²) in [6, 6.07) is 28.8. The van der Waals surface area contributed by atoms with Gasteiger partial charge in [-0.25, -0.2) is 9.97 Å². The first-order valence-corrected chi connectivity index (χ1v) is 8.29. The Morgan fingerprint density at radius 3 is 2.32 bits per heavy atom. The number of benzene rings is 3. The molecule has 0 unspecified atom stereocenters. The van der Waals surface area contributed by atoms with Crippen molar-refractivity contribution in [3.63, 3.8) is 0 Å². The molecule has 25 heavy (non-hydrogen) atoms. The van der Waals surface area contributed by atoms with Gasteiger partial charge in [-0.05, 0) is 18.2 Å². The highest BCUT2D eigenvalue weighted by Crippen LogP contribution is 2.28. The highest BCUT2D eigenvalue weighted by atomic mass is 15.1. The maximum atomic E-state index is 4.92. The maximum Gasteiger partial charge on any atom is 0.235 e. The summed E-state index contributed by atoms with van der Waals surface area (Å²) in [6.45, 7) is 0. The van der Waals surface area contributed by atoms with Gasteiger partial charge < -0.3 is 0 Å². The summed E-state index contributed by atoms with van der Waals surface area (Å²) in [6.07, 6.45) is 2.03. The number of rotatable bonds is 2. The Morgan fingerprint density at radius 1 is 0.640 bits per heavy atom. The molecule has 3 aromatic carbocycles. The van der Waals surface area contributed by atoms with Gasteiger partial charge in [0.05, 0.1) is 16.7 Å². The Hall–Kier alpha value is -3.46. The summed E-state index contributed by atoms with van der Waals surface area (Å²) in [4.78, 5) is 9.72. The lowest BCUT2D eigenvalue weighted by atomic mass is 10.1. The zero-order valence-corrected chi connectivity index (χ0v) is 13.5. The van der Waals surface area contributed by atoms with Crippen LogP contribution in [-0.2, 0) is 0 Å². The first-order valence-electron chi connectivity index (χ1n) is 8.29. The van der Waals surface area contributed by atoms with E-state index in [9.17, 15) is 0 Å². The van der Waals surface area contributed by atoms with Gasteiger partial charge in [0, 0.05) is 22.5 Å². The van der Waals surface area contributed by atoms with Gasteiger partial charge in [-0.3, -0.25) is 4.57 Å². The van der Waals surface area contributed by atoms with Gasteiger partial charge in [-0.1, -0.05) is 66.7 Å². The van der Waals surface area contributed by atoms with Crippen LogP contribution in [0.4, 0.5) is 0 Å². The molecule has 0 amide bonds. The largest absolute Gasteiger partial charge is 0.285 e. The second-order valence-corrected chi connectivity index (χ2v) is 6.00. The number of aromatic nitrogens is 3. The van der Waals surface area contributed by atoms with Crippen LogP contribution in [0.5, 0.6) is 0 Å². The summed E-state index contributed by atoms with van der Waals surface area (Å²) in [5, 5.41) is 2.24. The number of hydrogen-bond acceptors (Lipinski definition) is 2. The Morgan fingerprint density at radius 2 is 1.40 bits per heavy atom. The molecule has 0 fully saturated rings. The molecular weight excluding hydrogens is 306 g/mol. The molecular formula is C22H15N3. The molecule has 0 saturated carbocycles. The van der Waals surface area contributed by atoms with Crippen molar-refractivity contribution >= 4 is 21.8 Å². The lowest BCUT2D eigenvalue weighted by Gasteiger charge is -2.10. The van der Waals surface area contributed by atoms with Crippen molar-refractivity contribution in [2.45, 2.75) is 0 Å². The molecule has 0 aliphatic carbocycles. The van der Waals surface area contributed by atoms with Crippen molar-refractivity contribution in [2.75, 3.05) is 0 Å². The molecule has 118 valence electrons. The fraction of sp³-hybridized carbons (Fsp3) is 0.